The fraction of sp³-hybridized carbons (Fsp3) is 0.739. The maximum absolute atomic E-state index is 12.8. The number of aliphatic imine (C=N–C) groups is 1. The van der Waals surface area contributed by atoms with E-state index in [1.54, 1.807) is 0 Å². The maximum atomic E-state index is 12.8. The summed E-state index contributed by atoms with van der Waals surface area (Å²) in [6, 6.07) is 4.92. The largest absolute Gasteiger partial charge is 0.378 e. The van der Waals surface area contributed by atoms with Crippen LogP contribution in [0.1, 0.15) is 36.6 Å². The van der Waals surface area contributed by atoms with Gasteiger partial charge in [0.1, 0.15) is 0 Å². The fourth-order valence-corrected chi connectivity index (χ4v) is 6.30. The van der Waals surface area contributed by atoms with Gasteiger partial charge in [-0.3, -0.25) is 14.7 Å². The molecule has 180 valence electrons. The molecule has 1 aromatic rings. The molecule has 0 spiro atoms. The van der Waals surface area contributed by atoms with Crippen molar-refractivity contribution in [1.29, 1.82) is 0 Å². The Morgan fingerprint density at radius 2 is 1.91 bits per heavy atom. The molecule has 1 N–H and O–H groups in total. The van der Waals surface area contributed by atoms with Crippen molar-refractivity contribution < 1.29 is 9.53 Å². The highest BCUT2D eigenvalue weighted by molar-refractivity contribution is 14.0. The molecule has 3 saturated heterocycles. The van der Waals surface area contributed by atoms with Gasteiger partial charge in [-0.2, -0.15) is 0 Å². The van der Waals surface area contributed by atoms with E-state index in [0.29, 0.717) is 31.1 Å². The summed E-state index contributed by atoms with van der Waals surface area (Å²) in [6.45, 7) is 6.70. The number of halogens is 1. The summed E-state index contributed by atoms with van der Waals surface area (Å²) in [4.78, 5) is 25.7. The van der Waals surface area contributed by atoms with Crippen molar-refractivity contribution in [3.63, 3.8) is 0 Å². The molecule has 7 nitrogen and oxygen atoms in total. The van der Waals surface area contributed by atoms with Crippen molar-refractivity contribution in [3.05, 3.63) is 22.4 Å². The number of nitrogens with one attached hydrogen (secondary N) is 1. The lowest BCUT2D eigenvalue weighted by atomic mass is 9.88. The van der Waals surface area contributed by atoms with E-state index in [-0.39, 0.29) is 29.9 Å². The monoisotopic (exact) mass is 575 g/mol. The van der Waals surface area contributed by atoms with E-state index in [9.17, 15) is 4.79 Å². The van der Waals surface area contributed by atoms with Crippen LogP contribution in [0.15, 0.2) is 22.5 Å². The van der Waals surface area contributed by atoms with E-state index in [4.69, 9.17) is 4.74 Å². The molecule has 0 radical (unpaired) electrons. The topological polar surface area (TPSA) is 60.4 Å². The third-order valence-corrected chi connectivity index (χ3v) is 7.99. The van der Waals surface area contributed by atoms with Crippen LogP contribution in [0.4, 0.5) is 0 Å². The highest BCUT2D eigenvalue weighted by Crippen LogP contribution is 2.36. The van der Waals surface area contributed by atoms with Gasteiger partial charge in [0.15, 0.2) is 5.96 Å². The Labute approximate surface area is 213 Å². The van der Waals surface area contributed by atoms with Crippen molar-refractivity contribution in [3.8, 4) is 0 Å². The van der Waals surface area contributed by atoms with Crippen LogP contribution >= 0.6 is 35.3 Å². The second-order valence-corrected chi connectivity index (χ2v) is 9.95. The van der Waals surface area contributed by atoms with Gasteiger partial charge in [-0.1, -0.05) is 6.07 Å². The van der Waals surface area contributed by atoms with Crippen molar-refractivity contribution in [2.75, 3.05) is 66.6 Å². The summed E-state index contributed by atoms with van der Waals surface area (Å²) in [6.07, 6.45) is 4.30. The van der Waals surface area contributed by atoms with Crippen molar-refractivity contribution in [2.24, 2.45) is 16.8 Å². The van der Waals surface area contributed by atoms with Gasteiger partial charge in [-0.05, 0) is 56.6 Å². The van der Waals surface area contributed by atoms with Crippen LogP contribution in [-0.4, -0.2) is 93.1 Å². The summed E-state index contributed by atoms with van der Waals surface area (Å²) in [5.74, 6) is 2.02. The molecule has 1 amide bonds. The van der Waals surface area contributed by atoms with Gasteiger partial charge in [0, 0.05) is 56.6 Å². The predicted octanol–water partition coefficient (Wildman–Crippen LogP) is 2.90. The molecule has 3 aliphatic heterocycles. The fourth-order valence-electron chi connectivity index (χ4n) is 5.32. The Morgan fingerprint density at radius 3 is 2.56 bits per heavy atom. The number of carbonyl (C=O) groups excluding carboxylic acids is 1. The number of morpholine rings is 1. The zero-order valence-electron chi connectivity index (χ0n) is 19.4. The number of carbonyl (C=O) groups is 1. The first-order valence-corrected chi connectivity index (χ1v) is 12.6. The van der Waals surface area contributed by atoms with E-state index >= 15 is 0 Å². The number of hydrogen-bond donors (Lipinski definition) is 1. The first kappa shape index (κ1) is 25.7. The van der Waals surface area contributed by atoms with Crippen molar-refractivity contribution >= 4 is 47.2 Å². The number of thiophene rings is 1. The molecule has 2 atom stereocenters. The molecule has 0 aliphatic carbocycles. The molecule has 0 bridgehead atoms. The Bertz CT molecular complexity index is 733. The lowest BCUT2D eigenvalue weighted by Crippen LogP contribution is -2.51. The van der Waals surface area contributed by atoms with Crippen LogP contribution < -0.4 is 5.32 Å². The molecule has 3 aliphatic rings. The first-order valence-electron chi connectivity index (χ1n) is 11.7. The molecule has 2 unspecified atom stereocenters. The predicted molar refractivity (Wildman–Crippen MR) is 141 cm³/mol. The molecule has 0 aromatic carbocycles. The third kappa shape index (κ3) is 6.15. The minimum Gasteiger partial charge on any atom is -0.378 e. The van der Waals surface area contributed by atoms with Crippen LogP contribution in [-0.2, 0) is 9.53 Å². The Hall–Kier alpha value is -0.910. The van der Waals surface area contributed by atoms with Crippen LogP contribution in [0.2, 0.25) is 0 Å². The number of amides is 1. The number of likely N-dealkylation sites (tertiary alicyclic amines) is 2. The third-order valence-electron chi connectivity index (χ3n) is 7.04. The second kappa shape index (κ2) is 12.5. The first-order chi connectivity index (χ1) is 15.2. The van der Waals surface area contributed by atoms with Gasteiger partial charge < -0.3 is 19.9 Å². The van der Waals surface area contributed by atoms with E-state index in [1.165, 1.54) is 24.3 Å². The Balaban J connectivity index is 0.00000289. The Morgan fingerprint density at radius 1 is 1.16 bits per heavy atom. The lowest BCUT2D eigenvalue weighted by molar-refractivity contribution is -0.140. The molecule has 4 heterocycles. The van der Waals surface area contributed by atoms with E-state index in [2.05, 4.69) is 44.7 Å². The highest BCUT2D eigenvalue weighted by atomic mass is 127. The van der Waals surface area contributed by atoms with Gasteiger partial charge in [0.25, 0.3) is 0 Å². The zero-order valence-corrected chi connectivity index (χ0v) is 22.5. The molecule has 3 fully saturated rings. The van der Waals surface area contributed by atoms with E-state index < -0.39 is 0 Å². The van der Waals surface area contributed by atoms with Crippen LogP contribution in [0.5, 0.6) is 0 Å². The van der Waals surface area contributed by atoms with Crippen molar-refractivity contribution in [2.45, 2.75) is 31.7 Å². The molecule has 9 heteroatoms. The van der Waals surface area contributed by atoms with Crippen LogP contribution in [0, 0.1) is 11.8 Å². The summed E-state index contributed by atoms with van der Waals surface area (Å²) in [7, 11) is 4.12. The maximum Gasteiger partial charge on any atom is 0.225 e. The Kier molecular flexibility index (Phi) is 10.1. The van der Waals surface area contributed by atoms with Gasteiger partial charge in [0.05, 0.1) is 13.2 Å². The standard InChI is InChI=1S/C23H37N5O2S.HI/c1-24-23(25-17-19-5-3-9-26(2)21(19)20-6-4-16-31-20)28-10-7-18(8-11-28)22(29)27-12-14-30-15-13-27;/h4,6,16,18-19,21H,3,5,7-15,17H2,1-2H3,(H,24,25);1H. The second-order valence-electron chi connectivity index (χ2n) is 8.97. The van der Waals surface area contributed by atoms with Crippen LogP contribution in [0.25, 0.3) is 0 Å². The molecule has 32 heavy (non-hydrogen) atoms. The zero-order chi connectivity index (χ0) is 21.6. The number of guanidine groups is 1. The average Bonchev–Trinajstić information content (AvgIpc) is 3.34. The summed E-state index contributed by atoms with van der Waals surface area (Å²) in [5, 5.41) is 5.85. The number of piperidine rings is 2. The summed E-state index contributed by atoms with van der Waals surface area (Å²) < 4.78 is 5.39. The number of rotatable bonds is 4. The molecular formula is C23H38IN5O2S. The summed E-state index contributed by atoms with van der Waals surface area (Å²) in [5.41, 5.74) is 0. The normalized spacial score (nSPS) is 26.0. The van der Waals surface area contributed by atoms with Gasteiger partial charge >= 0.3 is 0 Å². The van der Waals surface area contributed by atoms with Crippen LogP contribution in [0.3, 0.4) is 0 Å². The summed E-state index contributed by atoms with van der Waals surface area (Å²) >= 11 is 1.87. The number of nitrogens with zero attached hydrogens (tertiary/aromatic N) is 4. The molecule has 0 saturated carbocycles. The van der Waals surface area contributed by atoms with Gasteiger partial charge in [0.2, 0.25) is 5.91 Å². The van der Waals surface area contributed by atoms with Gasteiger partial charge in [-0.15, -0.1) is 35.3 Å². The van der Waals surface area contributed by atoms with Crippen molar-refractivity contribution in [1.82, 2.24) is 20.0 Å². The SMILES string of the molecule is CN=C(NCC1CCCN(C)C1c1cccs1)N1CCC(C(=O)N2CCOCC2)CC1.I. The minimum atomic E-state index is 0. The average molecular weight is 576 g/mol. The molecular weight excluding hydrogens is 537 g/mol. The highest BCUT2D eigenvalue weighted by Gasteiger charge is 2.33. The molecule has 4 rings (SSSR count). The van der Waals surface area contributed by atoms with E-state index in [1.807, 2.05) is 23.3 Å². The minimum absolute atomic E-state index is 0. The van der Waals surface area contributed by atoms with Gasteiger partial charge in [-0.25, -0.2) is 0 Å². The van der Waals surface area contributed by atoms with E-state index in [0.717, 1.165) is 51.5 Å². The smallest absolute Gasteiger partial charge is 0.225 e. The lowest BCUT2D eigenvalue weighted by Gasteiger charge is -2.40. The number of ether oxygens (including phenoxy) is 1. The number of hydrogen-bond acceptors (Lipinski definition) is 5. The quantitative estimate of drug-likeness (QED) is 0.340. The molecule has 1 aromatic heterocycles.